The van der Waals surface area contributed by atoms with Gasteiger partial charge >= 0.3 is 0 Å². The van der Waals surface area contributed by atoms with E-state index in [1.54, 1.807) is 0 Å². The van der Waals surface area contributed by atoms with Crippen molar-refractivity contribution in [1.82, 2.24) is 9.97 Å². The van der Waals surface area contributed by atoms with Crippen molar-refractivity contribution in [1.29, 1.82) is 0 Å². The number of rotatable bonds is 4. The number of nitro groups is 1. The smallest absolute Gasteiger partial charge is 0.214 e. The third-order valence-electron chi connectivity index (χ3n) is 4.38. The third-order valence-corrected chi connectivity index (χ3v) is 4.87. The van der Waals surface area contributed by atoms with Crippen molar-refractivity contribution in [3.05, 3.63) is 80.6 Å². The largest absolute Gasteiger partial charge is 0.361 e. The molecule has 0 saturated heterocycles. The maximum absolute atomic E-state index is 11.3. The molecular formula is C18H14BrN3O2. The zero-order chi connectivity index (χ0) is 16.7. The van der Waals surface area contributed by atoms with Crippen molar-refractivity contribution >= 4 is 37.7 Å². The van der Waals surface area contributed by atoms with Gasteiger partial charge in [0.25, 0.3) is 0 Å². The topological polar surface area (TPSA) is 74.7 Å². The van der Waals surface area contributed by atoms with Gasteiger partial charge in [-0.05, 0) is 35.4 Å². The molecule has 5 nitrogen and oxygen atoms in total. The Balaban J connectivity index is 1.93. The van der Waals surface area contributed by atoms with Gasteiger partial charge in [0, 0.05) is 43.6 Å². The van der Waals surface area contributed by atoms with Gasteiger partial charge in [-0.3, -0.25) is 10.1 Å². The minimum Gasteiger partial charge on any atom is -0.361 e. The average molecular weight is 384 g/mol. The number of nitrogens with zero attached hydrogens (tertiary/aromatic N) is 1. The third kappa shape index (κ3) is 2.49. The molecule has 2 N–H and O–H groups in total. The number of para-hydroxylation sites is 1. The summed E-state index contributed by atoms with van der Waals surface area (Å²) in [5.74, 6) is -0.320. The van der Waals surface area contributed by atoms with Crippen molar-refractivity contribution in [3.8, 4) is 0 Å². The minimum atomic E-state index is -0.320. The van der Waals surface area contributed by atoms with Crippen LogP contribution in [0.25, 0.3) is 21.8 Å². The molecule has 0 saturated carbocycles. The second kappa shape index (κ2) is 5.79. The molecule has 0 amide bonds. The number of hydrogen-bond acceptors (Lipinski definition) is 2. The Labute approximate surface area is 146 Å². The Morgan fingerprint density at radius 1 is 1.00 bits per heavy atom. The van der Waals surface area contributed by atoms with Crippen LogP contribution in [0, 0.1) is 10.1 Å². The summed E-state index contributed by atoms with van der Waals surface area (Å²) in [6.07, 6.45) is 3.77. The van der Waals surface area contributed by atoms with E-state index in [2.05, 4.69) is 25.9 Å². The molecule has 4 rings (SSSR count). The van der Waals surface area contributed by atoms with Crippen LogP contribution in [0.15, 0.2) is 59.3 Å². The van der Waals surface area contributed by atoms with Crippen LogP contribution < -0.4 is 0 Å². The molecule has 4 aromatic rings. The molecule has 0 spiro atoms. The molecule has 2 aromatic heterocycles. The molecule has 120 valence electrons. The number of aromatic nitrogens is 2. The Morgan fingerprint density at radius 2 is 1.67 bits per heavy atom. The van der Waals surface area contributed by atoms with Crippen LogP contribution in [0.5, 0.6) is 0 Å². The van der Waals surface area contributed by atoms with Crippen LogP contribution in [0.1, 0.15) is 17.0 Å². The molecule has 2 heterocycles. The zero-order valence-electron chi connectivity index (χ0n) is 12.6. The lowest BCUT2D eigenvalue weighted by Crippen LogP contribution is -2.13. The summed E-state index contributed by atoms with van der Waals surface area (Å²) >= 11 is 3.49. The second-order valence-electron chi connectivity index (χ2n) is 5.79. The SMILES string of the molecule is O=[N+]([O-])CC(c1c[nH]c2ccccc12)c1c[nH]c2ccc(Br)cc12. The number of fused-ring (bicyclic) bond motifs is 2. The summed E-state index contributed by atoms with van der Waals surface area (Å²) in [5.41, 5.74) is 3.85. The van der Waals surface area contributed by atoms with Crippen LogP contribution in [0.2, 0.25) is 0 Å². The molecule has 24 heavy (non-hydrogen) atoms. The normalized spacial score (nSPS) is 12.7. The fourth-order valence-electron chi connectivity index (χ4n) is 3.30. The van der Waals surface area contributed by atoms with E-state index < -0.39 is 0 Å². The fourth-order valence-corrected chi connectivity index (χ4v) is 3.66. The van der Waals surface area contributed by atoms with Gasteiger partial charge in [-0.1, -0.05) is 34.1 Å². The number of aromatic amines is 2. The molecule has 0 aliphatic heterocycles. The van der Waals surface area contributed by atoms with E-state index in [1.807, 2.05) is 54.9 Å². The Kier molecular flexibility index (Phi) is 3.61. The first-order chi connectivity index (χ1) is 11.6. The van der Waals surface area contributed by atoms with Gasteiger partial charge in [-0.25, -0.2) is 0 Å². The number of hydrogen-bond donors (Lipinski definition) is 2. The Morgan fingerprint density at radius 3 is 2.42 bits per heavy atom. The second-order valence-corrected chi connectivity index (χ2v) is 6.71. The lowest BCUT2D eigenvalue weighted by molar-refractivity contribution is -0.481. The molecule has 1 atom stereocenters. The van der Waals surface area contributed by atoms with Gasteiger partial charge in [-0.15, -0.1) is 0 Å². The van der Waals surface area contributed by atoms with Crippen molar-refractivity contribution in [2.24, 2.45) is 0 Å². The van der Waals surface area contributed by atoms with E-state index in [9.17, 15) is 10.1 Å². The van der Waals surface area contributed by atoms with E-state index in [0.717, 1.165) is 37.4 Å². The van der Waals surface area contributed by atoms with Crippen LogP contribution in [-0.2, 0) is 0 Å². The highest BCUT2D eigenvalue weighted by atomic mass is 79.9. The predicted molar refractivity (Wildman–Crippen MR) is 98.0 cm³/mol. The molecule has 0 aliphatic rings. The van der Waals surface area contributed by atoms with Crippen molar-refractivity contribution in [3.63, 3.8) is 0 Å². The molecular weight excluding hydrogens is 370 g/mol. The number of H-pyrrole nitrogens is 2. The minimum absolute atomic E-state index is 0.151. The quantitative estimate of drug-likeness (QED) is 0.391. The average Bonchev–Trinajstić information content (AvgIpc) is 3.16. The first-order valence-electron chi connectivity index (χ1n) is 7.58. The molecule has 0 fully saturated rings. The molecule has 0 radical (unpaired) electrons. The van der Waals surface area contributed by atoms with Crippen molar-refractivity contribution < 1.29 is 4.92 Å². The van der Waals surface area contributed by atoms with E-state index in [0.29, 0.717) is 0 Å². The summed E-state index contributed by atoms with van der Waals surface area (Å²) in [7, 11) is 0. The molecule has 2 aromatic carbocycles. The monoisotopic (exact) mass is 383 g/mol. The van der Waals surface area contributed by atoms with Gasteiger partial charge < -0.3 is 9.97 Å². The maximum atomic E-state index is 11.3. The summed E-state index contributed by atoms with van der Waals surface area (Å²) < 4.78 is 0.953. The fraction of sp³-hybridized carbons (Fsp3) is 0.111. The summed E-state index contributed by atoms with van der Waals surface area (Å²) in [6, 6.07) is 13.8. The first kappa shape index (κ1) is 15.0. The van der Waals surface area contributed by atoms with Crippen LogP contribution >= 0.6 is 15.9 Å². The molecule has 6 heteroatoms. The highest BCUT2D eigenvalue weighted by Crippen LogP contribution is 2.35. The Bertz CT molecular complexity index is 1050. The van der Waals surface area contributed by atoms with Crippen LogP contribution in [0.3, 0.4) is 0 Å². The van der Waals surface area contributed by atoms with Crippen LogP contribution in [-0.4, -0.2) is 21.4 Å². The highest BCUT2D eigenvalue weighted by Gasteiger charge is 2.25. The van der Waals surface area contributed by atoms with E-state index in [-0.39, 0.29) is 17.4 Å². The van der Waals surface area contributed by atoms with E-state index in [1.165, 1.54) is 0 Å². The standard InChI is InChI=1S/C18H14BrN3O2/c19-11-5-6-18-13(7-11)15(9-21-18)16(10-22(23)24)14-8-20-17-4-2-1-3-12(14)17/h1-9,16,20-21H,10H2. The molecule has 0 bridgehead atoms. The van der Waals surface area contributed by atoms with Gasteiger partial charge in [0.1, 0.15) is 0 Å². The van der Waals surface area contributed by atoms with Gasteiger partial charge in [0.15, 0.2) is 0 Å². The van der Waals surface area contributed by atoms with Gasteiger partial charge in [0.05, 0.1) is 5.92 Å². The number of nitrogens with one attached hydrogen (secondary N) is 2. The number of halogens is 1. The van der Waals surface area contributed by atoms with Crippen LogP contribution in [0.4, 0.5) is 0 Å². The molecule has 0 aliphatic carbocycles. The lowest BCUT2D eigenvalue weighted by atomic mass is 9.91. The highest BCUT2D eigenvalue weighted by molar-refractivity contribution is 9.10. The predicted octanol–water partition coefficient (Wildman–Crippen LogP) is 4.82. The van der Waals surface area contributed by atoms with Gasteiger partial charge in [0.2, 0.25) is 6.54 Å². The first-order valence-corrected chi connectivity index (χ1v) is 8.37. The maximum Gasteiger partial charge on any atom is 0.214 e. The van der Waals surface area contributed by atoms with E-state index in [4.69, 9.17) is 0 Å². The summed E-state index contributed by atoms with van der Waals surface area (Å²) in [5, 5.41) is 13.3. The molecule has 1 unspecified atom stereocenters. The summed E-state index contributed by atoms with van der Waals surface area (Å²) in [6.45, 7) is -0.151. The Hall–Kier alpha value is -2.60. The van der Waals surface area contributed by atoms with Crippen molar-refractivity contribution in [2.45, 2.75) is 5.92 Å². The number of benzene rings is 2. The van der Waals surface area contributed by atoms with Gasteiger partial charge in [-0.2, -0.15) is 0 Å². The zero-order valence-corrected chi connectivity index (χ0v) is 14.2. The van der Waals surface area contributed by atoms with E-state index >= 15 is 0 Å². The summed E-state index contributed by atoms with van der Waals surface area (Å²) in [4.78, 5) is 17.5. The van der Waals surface area contributed by atoms with Crippen molar-refractivity contribution in [2.75, 3.05) is 6.54 Å². The lowest BCUT2D eigenvalue weighted by Gasteiger charge is -2.12.